The fourth-order valence-electron chi connectivity index (χ4n) is 4.20. The Bertz CT molecular complexity index is 794. The van der Waals surface area contributed by atoms with Gasteiger partial charge >= 0.3 is 6.03 Å². The number of piperidine rings is 1. The molecule has 0 atom stereocenters. The van der Waals surface area contributed by atoms with Crippen LogP contribution in [0.25, 0.3) is 0 Å². The molecule has 0 spiro atoms. The van der Waals surface area contributed by atoms with Gasteiger partial charge in [-0.3, -0.25) is 4.90 Å². The summed E-state index contributed by atoms with van der Waals surface area (Å²) in [5.41, 5.74) is 5.14. The zero-order chi connectivity index (χ0) is 19.3. The topological polar surface area (TPSA) is 35.6 Å². The second kappa shape index (κ2) is 8.78. The summed E-state index contributed by atoms with van der Waals surface area (Å²) >= 11 is 0. The van der Waals surface area contributed by atoms with Crippen molar-refractivity contribution in [2.75, 3.05) is 19.6 Å². The predicted octanol–water partition coefficient (Wildman–Crippen LogP) is 4.19. The van der Waals surface area contributed by atoms with Crippen LogP contribution in [-0.4, -0.2) is 35.5 Å². The first-order valence-corrected chi connectivity index (χ1v) is 10.6. The number of nitrogens with zero attached hydrogens (tertiary/aromatic N) is 2. The third kappa shape index (κ3) is 4.74. The van der Waals surface area contributed by atoms with Crippen molar-refractivity contribution < 1.29 is 4.79 Å². The van der Waals surface area contributed by atoms with Gasteiger partial charge in [0.05, 0.1) is 0 Å². The summed E-state index contributed by atoms with van der Waals surface area (Å²) in [4.78, 5) is 17.0. The minimum absolute atomic E-state index is 0.0287. The first-order chi connectivity index (χ1) is 13.7. The van der Waals surface area contributed by atoms with E-state index in [9.17, 15) is 4.79 Å². The molecule has 1 saturated heterocycles. The molecule has 2 aromatic carbocycles. The standard InChI is InChI=1S/C24H31N3O/c1-19-10-13-26(14-11-19)17-21-8-6-20(7-9-21)16-25-24(28)27-15-12-22-4-2-3-5-23(22)18-27/h2-9,19H,10-18H2,1H3,(H,25,28). The Labute approximate surface area is 168 Å². The van der Waals surface area contributed by atoms with Crippen LogP contribution in [0.1, 0.15) is 42.0 Å². The van der Waals surface area contributed by atoms with Gasteiger partial charge in [0.15, 0.2) is 0 Å². The first-order valence-electron chi connectivity index (χ1n) is 10.6. The van der Waals surface area contributed by atoms with E-state index in [0.29, 0.717) is 13.1 Å². The zero-order valence-corrected chi connectivity index (χ0v) is 16.9. The molecule has 0 unspecified atom stereocenters. The zero-order valence-electron chi connectivity index (χ0n) is 16.9. The Kier molecular flexibility index (Phi) is 5.96. The van der Waals surface area contributed by atoms with Crippen LogP contribution in [0.5, 0.6) is 0 Å². The maximum absolute atomic E-state index is 12.5. The first kappa shape index (κ1) is 19.0. The van der Waals surface area contributed by atoms with Crippen LogP contribution in [0.3, 0.4) is 0 Å². The van der Waals surface area contributed by atoms with Crippen molar-refractivity contribution in [2.24, 2.45) is 5.92 Å². The van der Waals surface area contributed by atoms with Gasteiger partial charge < -0.3 is 10.2 Å². The third-order valence-corrected chi connectivity index (χ3v) is 6.17. The smallest absolute Gasteiger partial charge is 0.317 e. The van der Waals surface area contributed by atoms with Gasteiger partial charge in [-0.15, -0.1) is 0 Å². The van der Waals surface area contributed by atoms with Crippen LogP contribution < -0.4 is 5.32 Å². The van der Waals surface area contributed by atoms with Crippen molar-refractivity contribution in [1.29, 1.82) is 0 Å². The molecule has 0 saturated carbocycles. The quantitative estimate of drug-likeness (QED) is 0.867. The van der Waals surface area contributed by atoms with E-state index >= 15 is 0 Å². The molecule has 0 bridgehead atoms. The lowest BCUT2D eigenvalue weighted by molar-refractivity contribution is 0.185. The maximum atomic E-state index is 12.5. The van der Waals surface area contributed by atoms with E-state index in [1.54, 1.807) is 0 Å². The lowest BCUT2D eigenvalue weighted by Gasteiger charge is -2.30. The molecule has 2 aliphatic rings. The van der Waals surface area contributed by atoms with E-state index in [0.717, 1.165) is 31.0 Å². The summed E-state index contributed by atoms with van der Waals surface area (Å²) in [7, 11) is 0. The number of rotatable bonds is 4. The van der Waals surface area contributed by atoms with Crippen molar-refractivity contribution in [3.8, 4) is 0 Å². The van der Waals surface area contributed by atoms with E-state index in [1.165, 1.54) is 42.6 Å². The number of hydrogen-bond donors (Lipinski definition) is 1. The van der Waals surface area contributed by atoms with E-state index in [4.69, 9.17) is 0 Å². The lowest BCUT2D eigenvalue weighted by atomic mass is 9.99. The minimum atomic E-state index is 0.0287. The van der Waals surface area contributed by atoms with Crippen LogP contribution in [0.15, 0.2) is 48.5 Å². The molecule has 4 nitrogen and oxygen atoms in total. The van der Waals surface area contributed by atoms with Crippen molar-refractivity contribution in [3.63, 3.8) is 0 Å². The molecule has 2 aromatic rings. The van der Waals surface area contributed by atoms with Gasteiger partial charge in [-0.25, -0.2) is 4.79 Å². The van der Waals surface area contributed by atoms with Crippen LogP contribution in [0.2, 0.25) is 0 Å². The Hall–Kier alpha value is -2.33. The van der Waals surface area contributed by atoms with Crippen LogP contribution >= 0.6 is 0 Å². The highest BCUT2D eigenvalue weighted by Crippen LogP contribution is 2.19. The van der Waals surface area contributed by atoms with Gasteiger partial charge in [-0.1, -0.05) is 55.5 Å². The summed E-state index contributed by atoms with van der Waals surface area (Å²) in [5.74, 6) is 0.871. The fourth-order valence-corrected chi connectivity index (χ4v) is 4.20. The predicted molar refractivity (Wildman–Crippen MR) is 113 cm³/mol. The molecule has 4 rings (SSSR count). The summed E-state index contributed by atoms with van der Waals surface area (Å²) in [6, 6.07) is 17.1. The van der Waals surface area contributed by atoms with Crippen molar-refractivity contribution in [3.05, 3.63) is 70.8 Å². The van der Waals surface area contributed by atoms with Gasteiger partial charge in [0.1, 0.15) is 0 Å². The van der Waals surface area contributed by atoms with Gasteiger partial charge in [0, 0.05) is 26.2 Å². The van der Waals surface area contributed by atoms with E-state index < -0.39 is 0 Å². The molecule has 4 heteroatoms. The minimum Gasteiger partial charge on any atom is -0.334 e. The number of carbonyl (C=O) groups is 1. The van der Waals surface area contributed by atoms with Crippen molar-refractivity contribution in [2.45, 2.75) is 45.8 Å². The maximum Gasteiger partial charge on any atom is 0.317 e. The Morgan fingerprint density at radius 1 is 0.964 bits per heavy atom. The molecule has 2 amide bonds. The molecule has 0 aromatic heterocycles. The van der Waals surface area contributed by atoms with Gasteiger partial charge in [-0.05, 0) is 60.5 Å². The third-order valence-electron chi connectivity index (χ3n) is 6.17. The molecular weight excluding hydrogens is 346 g/mol. The Balaban J connectivity index is 1.25. The van der Waals surface area contributed by atoms with Gasteiger partial charge in [-0.2, -0.15) is 0 Å². The average molecular weight is 378 g/mol. The highest BCUT2D eigenvalue weighted by Gasteiger charge is 2.20. The monoisotopic (exact) mass is 377 g/mol. The fraction of sp³-hybridized carbons (Fsp3) is 0.458. The van der Waals surface area contributed by atoms with Gasteiger partial charge in [0.25, 0.3) is 0 Å². The van der Waals surface area contributed by atoms with E-state index in [1.807, 2.05) is 11.0 Å². The summed E-state index contributed by atoms with van der Waals surface area (Å²) in [5, 5.41) is 3.08. The molecule has 0 radical (unpaired) electrons. The molecule has 2 heterocycles. The summed E-state index contributed by atoms with van der Waals surface area (Å²) < 4.78 is 0. The molecule has 2 aliphatic heterocycles. The number of carbonyl (C=O) groups excluding carboxylic acids is 1. The summed E-state index contributed by atoms with van der Waals surface area (Å²) in [6.45, 7) is 7.87. The molecule has 28 heavy (non-hydrogen) atoms. The second-order valence-electron chi connectivity index (χ2n) is 8.37. The number of amides is 2. The highest BCUT2D eigenvalue weighted by molar-refractivity contribution is 5.74. The normalized spacial score (nSPS) is 18.0. The number of benzene rings is 2. The number of fused-ring (bicyclic) bond motifs is 1. The molecule has 0 aliphatic carbocycles. The van der Waals surface area contributed by atoms with Crippen LogP contribution in [0, 0.1) is 5.92 Å². The summed E-state index contributed by atoms with van der Waals surface area (Å²) in [6.07, 6.45) is 3.56. The van der Waals surface area contributed by atoms with E-state index in [-0.39, 0.29) is 6.03 Å². The van der Waals surface area contributed by atoms with Crippen molar-refractivity contribution in [1.82, 2.24) is 15.1 Å². The Morgan fingerprint density at radius 2 is 1.64 bits per heavy atom. The second-order valence-corrected chi connectivity index (χ2v) is 8.37. The molecule has 1 N–H and O–H groups in total. The molecular formula is C24H31N3O. The molecule has 148 valence electrons. The number of urea groups is 1. The average Bonchev–Trinajstić information content (AvgIpc) is 2.74. The number of nitrogens with one attached hydrogen (secondary N) is 1. The number of likely N-dealkylation sites (tertiary alicyclic amines) is 1. The SMILES string of the molecule is CC1CCN(Cc2ccc(CNC(=O)N3CCc4ccccc4C3)cc2)CC1. The van der Waals surface area contributed by atoms with Gasteiger partial charge in [0.2, 0.25) is 0 Å². The van der Waals surface area contributed by atoms with Crippen LogP contribution in [-0.2, 0) is 26.1 Å². The Morgan fingerprint density at radius 3 is 2.39 bits per heavy atom. The molecule has 1 fully saturated rings. The van der Waals surface area contributed by atoms with Crippen molar-refractivity contribution >= 4 is 6.03 Å². The number of hydrogen-bond acceptors (Lipinski definition) is 2. The van der Waals surface area contributed by atoms with E-state index in [2.05, 4.69) is 59.6 Å². The van der Waals surface area contributed by atoms with Crippen LogP contribution in [0.4, 0.5) is 4.79 Å². The lowest BCUT2D eigenvalue weighted by Crippen LogP contribution is -2.42. The highest BCUT2D eigenvalue weighted by atomic mass is 16.2. The largest absolute Gasteiger partial charge is 0.334 e.